The number of rotatable bonds is 1. The van der Waals surface area contributed by atoms with E-state index in [0.717, 1.165) is 31.4 Å². The number of hydrogen-bond acceptors (Lipinski definition) is 1. The van der Waals surface area contributed by atoms with Crippen molar-refractivity contribution < 1.29 is 13.6 Å². The van der Waals surface area contributed by atoms with Gasteiger partial charge in [-0.1, -0.05) is 12.8 Å². The Balaban J connectivity index is 1.85. The zero-order valence-electron chi connectivity index (χ0n) is 11.4. The molecular weight excluding hydrogens is 260 g/mol. The van der Waals surface area contributed by atoms with Crippen LogP contribution in [0.5, 0.6) is 0 Å². The fourth-order valence-corrected chi connectivity index (χ4v) is 3.69. The largest absolute Gasteiger partial charge is 0.335 e. The lowest BCUT2D eigenvalue weighted by molar-refractivity contribution is 0.0386. The van der Waals surface area contributed by atoms with Gasteiger partial charge in [-0.25, -0.2) is 8.78 Å². The molecule has 1 aliphatic carbocycles. The highest BCUT2D eigenvalue weighted by Crippen LogP contribution is 2.36. The molecule has 2 aliphatic rings. The summed E-state index contributed by atoms with van der Waals surface area (Å²) < 4.78 is 26.7. The van der Waals surface area contributed by atoms with Gasteiger partial charge in [-0.15, -0.1) is 0 Å². The Bertz CT molecular complexity index is 515. The number of piperidine rings is 1. The van der Waals surface area contributed by atoms with Gasteiger partial charge < -0.3 is 4.90 Å². The summed E-state index contributed by atoms with van der Waals surface area (Å²) in [6.07, 6.45) is 6.70. The predicted octanol–water partition coefficient (Wildman–Crippen LogP) is 3.76. The van der Waals surface area contributed by atoms with E-state index in [0.29, 0.717) is 12.5 Å². The molecule has 0 bridgehead atoms. The van der Waals surface area contributed by atoms with Crippen molar-refractivity contribution in [2.45, 2.75) is 44.6 Å². The van der Waals surface area contributed by atoms with Crippen LogP contribution in [0.3, 0.4) is 0 Å². The van der Waals surface area contributed by atoms with Crippen molar-refractivity contribution in [3.63, 3.8) is 0 Å². The summed E-state index contributed by atoms with van der Waals surface area (Å²) >= 11 is 0. The summed E-state index contributed by atoms with van der Waals surface area (Å²) in [5, 5.41) is 0. The number of hydrogen-bond donors (Lipinski definition) is 0. The van der Waals surface area contributed by atoms with Crippen molar-refractivity contribution in [3.8, 4) is 0 Å². The quantitative estimate of drug-likeness (QED) is 0.766. The van der Waals surface area contributed by atoms with Crippen molar-refractivity contribution in [2.75, 3.05) is 6.54 Å². The second kappa shape index (κ2) is 5.51. The van der Waals surface area contributed by atoms with Crippen molar-refractivity contribution in [2.24, 2.45) is 5.92 Å². The Kier molecular flexibility index (Phi) is 3.72. The minimum absolute atomic E-state index is 0.00220. The van der Waals surface area contributed by atoms with E-state index in [1.807, 2.05) is 4.90 Å². The number of carbonyl (C=O) groups excluding carboxylic acids is 1. The smallest absolute Gasteiger partial charge is 0.257 e. The standard InChI is InChI=1S/C16H19F2NO/c17-12-7-8-13(14(18)10-12)16(20)19-9-3-5-11-4-1-2-6-15(11)19/h7-8,10-11,15H,1-6,9H2. The summed E-state index contributed by atoms with van der Waals surface area (Å²) in [4.78, 5) is 14.4. The molecule has 0 aromatic heterocycles. The minimum Gasteiger partial charge on any atom is -0.335 e. The third-order valence-electron chi connectivity index (χ3n) is 4.67. The number of amides is 1. The van der Waals surface area contributed by atoms with E-state index in [1.54, 1.807) is 0 Å². The molecule has 1 aromatic rings. The molecule has 2 unspecified atom stereocenters. The molecule has 1 saturated carbocycles. The molecule has 1 saturated heterocycles. The molecule has 108 valence electrons. The zero-order valence-corrected chi connectivity index (χ0v) is 11.4. The van der Waals surface area contributed by atoms with Crippen LogP contribution in [0.25, 0.3) is 0 Å². The lowest BCUT2D eigenvalue weighted by atomic mass is 9.78. The molecule has 2 fully saturated rings. The van der Waals surface area contributed by atoms with Crippen molar-refractivity contribution in [1.82, 2.24) is 4.90 Å². The number of benzene rings is 1. The molecule has 1 heterocycles. The van der Waals surface area contributed by atoms with Gasteiger partial charge in [0.15, 0.2) is 0 Å². The van der Waals surface area contributed by atoms with Crippen LogP contribution in [0.4, 0.5) is 8.78 Å². The molecule has 20 heavy (non-hydrogen) atoms. The van der Waals surface area contributed by atoms with Crippen LogP contribution >= 0.6 is 0 Å². The highest BCUT2D eigenvalue weighted by Gasteiger charge is 2.36. The highest BCUT2D eigenvalue weighted by molar-refractivity contribution is 5.94. The Labute approximate surface area is 117 Å². The minimum atomic E-state index is -0.757. The number of halogens is 2. The summed E-state index contributed by atoms with van der Waals surface area (Å²) in [7, 11) is 0. The predicted molar refractivity (Wildman–Crippen MR) is 72.4 cm³/mol. The molecular formula is C16H19F2NO. The Morgan fingerprint density at radius 3 is 2.65 bits per heavy atom. The fourth-order valence-electron chi connectivity index (χ4n) is 3.69. The van der Waals surface area contributed by atoms with Crippen LogP contribution in [0.1, 0.15) is 48.9 Å². The van der Waals surface area contributed by atoms with Gasteiger partial charge in [0, 0.05) is 18.7 Å². The average Bonchev–Trinajstić information content (AvgIpc) is 2.46. The summed E-state index contributed by atoms with van der Waals surface area (Å²) in [6, 6.07) is 3.45. The maximum atomic E-state index is 13.8. The molecule has 2 atom stereocenters. The first-order chi connectivity index (χ1) is 9.66. The van der Waals surface area contributed by atoms with Crippen LogP contribution in [0.2, 0.25) is 0 Å². The van der Waals surface area contributed by atoms with Gasteiger partial charge in [-0.2, -0.15) is 0 Å². The maximum Gasteiger partial charge on any atom is 0.257 e. The van der Waals surface area contributed by atoms with Crippen LogP contribution in [0.15, 0.2) is 18.2 Å². The lowest BCUT2D eigenvalue weighted by Crippen LogP contribution is -2.49. The van der Waals surface area contributed by atoms with Crippen LogP contribution in [-0.4, -0.2) is 23.4 Å². The van der Waals surface area contributed by atoms with Gasteiger partial charge in [-0.05, 0) is 43.7 Å². The third kappa shape index (κ3) is 2.43. The zero-order chi connectivity index (χ0) is 14.1. The van der Waals surface area contributed by atoms with Crippen LogP contribution < -0.4 is 0 Å². The van der Waals surface area contributed by atoms with E-state index in [-0.39, 0.29) is 17.5 Å². The number of carbonyl (C=O) groups is 1. The second-order valence-corrected chi connectivity index (χ2v) is 5.88. The van der Waals surface area contributed by atoms with Crippen molar-refractivity contribution in [1.29, 1.82) is 0 Å². The molecule has 1 amide bonds. The first kappa shape index (κ1) is 13.5. The monoisotopic (exact) mass is 279 g/mol. The van der Waals surface area contributed by atoms with Crippen LogP contribution in [-0.2, 0) is 0 Å². The first-order valence-electron chi connectivity index (χ1n) is 7.43. The van der Waals surface area contributed by atoms with E-state index < -0.39 is 11.6 Å². The van der Waals surface area contributed by atoms with Gasteiger partial charge >= 0.3 is 0 Å². The van der Waals surface area contributed by atoms with Crippen LogP contribution in [0, 0.1) is 17.6 Å². The van der Waals surface area contributed by atoms with Gasteiger partial charge in [-0.3, -0.25) is 4.79 Å². The van der Waals surface area contributed by atoms with E-state index in [1.165, 1.54) is 25.3 Å². The van der Waals surface area contributed by atoms with E-state index in [2.05, 4.69) is 0 Å². The molecule has 0 radical (unpaired) electrons. The molecule has 3 rings (SSSR count). The second-order valence-electron chi connectivity index (χ2n) is 5.88. The summed E-state index contributed by atoms with van der Waals surface area (Å²) in [6.45, 7) is 0.691. The fraction of sp³-hybridized carbons (Fsp3) is 0.562. The molecule has 4 heteroatoms. The van der Waals surface area contributed by atoms with Gasteiger partial charge in [0.1, 0.15) is 11.6 Å². The Hall–Kier alpha value is -1.45. The Morgan fingerprint density at radius 1 is 1.10 bits per heavy atom. The molecule has 0 N–H and O–H groups in total. The third-order valence-corrected chi connectivity index (χ3v) is 4.67. The number of fused-ring (bicyclic) bond motifs is 1. The van der Waals surface area contributed by atoms with Crippen molar-refractivity contribution >= 4 is 5.91 Å². The van der Waals surface area contributed by atoms with E-state index >= 15 is 0 Å². The normalized spacial score (nSPS) is 26.2. The van der Waals surface area contributed by atoms with Gasteiger partial charge in [0.05, 0.1) is 5.56 Å². The molecule has 2 nitrogen and oxygen atoms in total. The maximum absolute atomic E-state index is 13.8. The highest BCUT2D eigenvalue weighted by atomic mass is 19.1. The lowest BCUT2D eigenvalue weighted by Gasteiger charge is -2.44. The first-order valence-corrected chi connectivity index (χ1v) is 7.43. The summed E-state index contributed by atoms with van der Waals surface area (Å²) in [5.74, 6) is -1.12. The topological polar surface area (TPSA) is 20.3 Å². The van der Waals surface area contributed by atoms with E-state index in [4.69, 9.17) is 0 Å². The summed E-state index contributed by atoms with van der Waals surface area (Å²) in [5.41, 5.74) is -0.00220. The van der Waals surface area contributed by atoms with Gasteiger partial charge in [0.25, 0.3) is 5.91 Å². The van der Waals surface area contributed by atoms with Gasteiger partial charge in [0.2, 0.25) is 0 Å². The number of likely N-dealkylation sites (tertiary alicyclic amines) is 1. The van der Waals surface area contributed by atoms with Crippen molar-refractivity contribution in [3.05, 3.63) is 35.4 Å². The average molecular weight is 279 g/mol. The Morgan fingerprint density at radius 2 is 1.85 bits per heavy atom. The molecule has 1 aromatic carbocycles. The number of nitrogens with zero attached hydrogens (tertiary/aromatic N) is 1. The van der Waals surface area contributed by atoms with E-state index in [9.17, 15) is 13.6 Å². The molecule has 1 aliphatic heterocycles. The molecule has 0 spiro atoms. The SMILES string of the molecule is O=C(c1ccc(F)cc1F)N1CCCC2CCCCC21.